The molecule has 1 fully saturated rings. The number of ketones is 2. The second kappa shape index (κ2) is 13.3. The molecule has 0 saturated carbocycles. The zero-order chi connectivity index (χ0) is 27.9. The first kappa shape index (κ1) is 31.4. The van der Waals surface area contributed by atoms with Crippen molar-refractivity contribution in [2.45, 2.75) is 85.2 Å². The average molecular weight is 561 g/mol. The van der Waals surface area contributed by atoms with Crippen LogP contribution in [0.4, 0.5) is 0 Å². The van der Waals surface area contributed by atoms with Gasteiger partial charge in [0, 0.05) is 48.5 Å². The minimum atomic E-state index is -4.17. The molecule has 11 nitrogen and oxygen atoms in total. The average Bonchev–Trinajstić information content (AvgIpc) is 3.30. The molecule has 0 bridgehead atoms. The molecule has 0 aliphatic carbocycles. The van der Waals surface area contributed by atoms with Crippen LogP contribution in [-0.4, -0.2) is 58.1 Å². The molecule has 1 aliphatic rings. The summed E-state index contributed by atoms with van der Waals surface area (Å²) in [7, 11) is -4.17. The number of Topliss-reactive ketones (excluding diaryl/α,β-unsaturated/α-hetero) is 2. The predicted molar refractivity (Wildman–Crippen MR) is 137 cm³/mol. The molecule has 1 aliphatic heterocycles. The van der Waals surface area contributed by atoms with Crippen LogP contribution in [0.25, 0.3) is 0 Å². The van der Waals surface area contributed by atoms with Crippen LogP contribution < -0.4 is 0 Å². The van der Waals surface area contributed by atoms with Crippen molar-refractivity contribution in [2.24, 2.45) is 5.41 Å². The van der Waals surface area contributed by atoms with Gasteiger partial charge in [-0.05, 0) is 18.9 Å². The van der Waals surface area contributed by atoms with E-state index < -0.39 is 32.1 Å². The Morgan fingerprint density at radius 3 is 2.49 bits per heavy atom. The van der Waals surface area contributed by atoms with Gasteiger partial charge < -0.3 is 4.74 Å². The van der Waals surface area contributed by atoms with E-state index in [-0.39, 0.29) is 47.2 Å². The third-order valence-electron chi connectivity index (χ3n) is 5.61. The number of thioether (sulfide) groups is 1. The maximum Gasteiger partial charge on any atom is 0.478 e. The van der Waals surface area contributed by atoms with Crippen LogP contribution in [0.3, 0.4) is 0 Å². The predicted octanol–water partition coefficient (Wildman–Crippen LogP) is 4.76. The summed E-state index contributed by atoms with van der Waals surface area (Å²) < 4.78 is 33.8. The molecule has 208 valence electrons. The number of nitrogens with one attached hydrogen (secondary N) is 1. The number of aromatic nitrogens is 2. The van der Waals surface area contributed by atoms with E-state index >= 15 is 0 Å². The summed E-state index contributed by atoms with van der Waals surface area (Å²) in [5, 5.41) is 6.71. The fraction of sp³-hybridized carbons (Fsp3) is 0.708. The van der Waals surface area contributed by atoms with E-state index in [9.17, 15) is 23.7 Å². The molecule has 1 saturated heterocycles. The van der Waals surface area contributed by atoms with E-state index in [1.54, 1.807) is 19.9 Å². The summed E-state index contributed by atoms with van der Waals surface area (Å²) in [5.41, 5.74) is -0.242. The monoisotopic (exact) mass is 560 g/mol. The minimum Gasteiger partial charge on any atom is -0.433 e. The number of H-pyrrole nitrogens is 1. The Morgan fingerprint density at radius 2 is 1.86 bits per heavy atom. The molecule has 2 rings (SSSR count). The Hall–Kier alpha value is -1.85. The van der Waals surface area contributed by atoms with Crippen molar-refractivity contribution in [1.29, 1.82) is 0 Å². The van der Waals surface area contributed by atoms with E-state index in [1.165, 1.54) is 18.7 Å². The first-order valence-electron chi connectivity index (χ1n) is 12.1. The fourth-order valence-corrected chi connectivity index (χ4v) is 5.52. The zero-order valence-corrected chi connectivity index (χ0v) is 24.0. The van der Waals surface area contributed by atoms with Crippen molar-refractivity contribution in [1.82, 2.24) is 10.2 Å². The maximum absolute atomic E-state index is 13.0. The molecule has 13 heteroatoms. The van der Waals surface area contributed by atoms with Gasteiger partial charge in [0.25, 0.3) is 0 Å². The number of hydrogen-bond acceptors (Lipinski definition) is 11. The highest BCUT2D eigenvalue weighted by atomic mass is 32.2. The Bertz CT molecular complexity index is 1030. The number of nitrogens with zero attached hydrogens (tertiary/aromatic N) is 1. The molecule has 0 aromatic carbocycles. The lowest BCUT2D eigenvalue weighted by Crippen LogP contribution is -2.44. The van der Waals surface area contributed by atoms with Gasteiger partial charge in [-0.1, -0.05) is 46.4 Å². The van der Waals surface area contributed by atoms with Gasteiger partial charge in [-0.2, -0.15) is 5.10 Å². The van der Waals surface area contributed by atoms with Crippen LogP contribution in [0, 0.1) is 5.41 Å². The third-order valence-corrected chi connectivity index (χ3v) is 7.85. The summed E-state index contributed by atoms with van der Waals surface area (Å²) in [4.78, 5) is 48.1. The van der Waals surface area contributed by atoms with Gasteiger partial charge in [0.1, 0.15) is 11.9 Å². The fourth-order valence-electron chi connectivity index (χ4n) is 3.42. The number of aromatic amines is 1. The van der Waals surface area contributed by atoms with E-state index in [0.717, 1.165) is 5.69 Å². The number of rotatable bonds is 13. The van der Waals surface area contributed by atoms with Crippen molar-refractivity contribution < 1.29 is 42.1 Å². The molecule has 2 atom stereocenters. The second-order valence-electron chi connectivity index (χ2n) is 10.6. The quantitative estimate of drug-likeness (QED) is 0.154. The van der Waals surface area contributed by atoms with Gasteiger partial charge in [0.05, 0.1) is 6.61 Å². The SMILES string of the molecule is CC(=O)SCCCC(=O)CCCC(=O)[C@@H]1O[P@@](=O)(OCOC(=O)c2cc(C(C)(C)C)[nH]n2)OCC1(C)C. The number of phosphoric acid groups is 1. The van der Waals surface area contributed by atoms with Crippen LogP contribution in [-0.2, 0) is 42.7 Å². The van der Waals surface area contributed by atoms with Crippen molar-refractivity contribution in [2.75, 3.05) is 19.2 Å². The Morgan fingerprint density at radius 1 is 1.19 bits per heavy atom. The van der Waals surface area contributed by atoms with Gasteiger partial charge in [-0.3, -0.25) is 28.5 Å². The standard InChI is InChI=1S/C24H37N2O9PS/c1-16(27)37-12-8-10-17(28)9-7-11-19(29)21-24(5,6)14-33-36(31,35-21)34-15-32-22(30)18-13-20(26-25-18)23(2,3)4/h13,21H,7-12,14-15H2,1-6H3,(H,25,26)/t21-,36+/m0/s1. The topological polar surface area (TPSA) is 151 Å². The number of carbonyl (C=O) groups is 4. The molecule has 0 radical (unpaired) electrons. The van der Waals surface area contributed by atoms with Crippen molar-refractivity contribution in [3.8, 4) is 0 Å². The van der Waals surface area contributed by atoms with Crippen LogP contribution in [0.5, 0.6) is 0 Å². The summed E-state index contributed by atoms with van der Waals surface area (Å²) in [6, 6.07) is 1.56. The molecule has 1 aromatic rings. The van der Waals surface area contributed by atoms with Crippen LogP contribution in [0.1, 0.15) is 89.8 Å². The van der Waals surface area contributed by atoms with Crippen LogP contribution in [0.15, 0.2) is 6.07 Å². The third kappa shape index (κ3) is 10.1. The molecular formula is C24H37N2O9PS. The molecular weight excluding hydrogens is 523 g/mol. The second-order valence-corrected chi connectivity index (χ2v) is 13.5. The van der Waals surface area contributed by atoms with Crippen molar-refractivity contribution in [3.63, 3.8) is 0 Å². The van der Waals surface area contributed by atoms with E-state index in [4.69, 9.17) is 18.3 Å². The highest BCUT2D eigenvalue weighted by molar-refractivity contribution is 8.13. The lowest BCUT2D eigenvalue weighted by molar-refractivity contribution is -0.141. The molecule has 0 amide bonds. The Kier molecular flexibility index (Phi) is 11.3. The van der Waals surface area contributed by atoms with Crippen molar-refractivity contribution in [3.05, 3.63) is 17.5 Å². The van der Waals surface area contributed by atoms with Gasteiger partial charge >= 0.3 is 13.8 Å². The van der Waals surface area contributed by atoms with Gasteiger partial charge in [-0.25, -0.2) is 13.9 Å². The van der Waals surface area contributed by atoms with E-state index in [0.29, 0.717) is 25.0 Å². The summed E-state index contributed by atoms with van der Waals surface area (Å²) in [6.45, 7) is 10.0. The number of carbonyl (C=O) groups excluding carboxylic acids is 4. The number of hydrogen-bond donors (Lipinski definition) is 1. The van der Waals surface area contributed by atoms with Crippen LogP contribution in [0.2, 0.25) is 0 Å². The normalized spacial score (nSPS) is 21.4. The first-order chi connectivity index (χ1) is 17.1. The molecule has 37 heavy (non-hydrogen) atoms. The summed E-state index contributed by atoms with van der Waals surface area (Å²) >= 11 is 1.18. The van der Waals surface area contributed by atoms with Crippen molar-refractivity contribution >= 4 is 42.2 Å². The van der Waals surface area contributed by atoms with Crippen LogP contribution >= 0.6 is 19.6 Å². The lowest BCUT2D eigenvalue weighted by Gasteiger charge is -2.39. The summed E-state index contributed by atoms with van der Waals surface area (Å²) in [5.74, 6) is -0.492. The molecule has 1 aromatic heterocycles. The number of esters is 1. The minimum absolute atomic E-state index is 0.0175. The number of ether oxygens (including phenoxy) is 1. The highest BCUT2D eigenvalue weighted by Gasteiger charge is 2.48. The van der Waals surface area contributed by atoms with Gasteiger partial charge in [-0.15, -0.1) is 0 Å². The Balaban J connectivity index is 1.82. The van der Waals surface area contributed by atoms with E-state index in [1.807, 2.05) is 20.8 Å². The highest BCUT2D eigenvalue weighted by Crippen LogP contribution is 2.57. The largest absolute Gasteiger partial charge is 0.478 e. The lowest BCUT2D eigenvalue weighted by atomic mass is 9.84. The zero-order valence-electron chi connectivity index (χ0n) is 22.3. The maximum atomic E-state index is 13.0. The van der Waals surface area contributed by atoms with Gasteiger partial charge in [0.15, 0.2) is 16.6 Å². The molecule has 0 unspecified atom stereocenters. The van der Waals surface area contributed by atoms with Gasteiger partial charge in [0.2, 0.25) is 6.79 Å². The molecule has 0 spiro atoms. The van der Waals surface area contributed by atoms with E-state index in [2.05, 4.69) is 10.2 Å². The molecule has 1 N–H and O–H groups in total. The Labute approximate surface area is 221 Å². The first-order valence-corrected chi connectivity index (χ1v) is 14.6. The number of phosphoric ester groups is 1. The molecule has 2 heterocycles. The smallest absolute Gasteiger partial charge is 0.433 e. The summed E-state index contributed by atoms with van der Waals surface area (Å²) in [6.07, 6.45) is 0.504.